The van der Waals surface area contributed by atoms with E-state index in [1.165, 1.54) is 6.07 Å². The van der Waals surface area contributed by atoms with Crippen LogP contribution >= 0.6 is 0 Å². The van der Waals surface area contributed by atoms with E-state index >= 15 is 0 Å². The number of nitrogens with two attached hydrogens (primary N) is 2. The van der Waals surface area contributed by atoms with Crippen molar-refractivity contribution in [1.29, 1.82) is 0 Å². The van der Waals surface area contributed by atoms with E-state index < -0.39 is 6.10 Å². The number of quaternary nitrogens is 1. The van der Waals surface area contributed by atoms with E-state index in [-0.39, 0.29) is 11.3 Å². The molecule has 1 aromatic rings. The molecule has 1 unspecified atom stereocenters. The van der Waals surface area contributed by atoms with Crippen molar-refractivity contribution in [3.8, 4) is 5.75 Å². The average molecular weight is 225 g/mol. The van der Waals surface area contributed by atoms with Crippen LogP contribution in [0, 0.1) is 0 Å². The third-order valence-electron chi connectivity index (χ3n) is 2.39. The van der Waals surface area contributed by atoms with E-state index in [9.17, 15) is 10.2 Å². The molecule has 1 atom stereocenters. The standard InChI is InChI=1S/C12H20N2O2/c1-12(2,3)14-7-11(16)8-4-5-10(15)9(13)6-8/h4-6,11,14-16H,7,13H2,1-3H3/p+1. The Morgan fingerprint density at radius 3 is 2.50 bits per heavy atom. The first-order chi connectivity index (χ1) is 7.29. The summed E-state index contributed by atoms with van der Waals surface area (Å²) in [6.45, 7) is 6.84. The summed E-state index contributed by atoms with van der Waals surface area (Å²) in [6, 6.07) is 4.80. The fraction of sp³-hybridized carbons (Fsp3) is 0.500. The molecule has 0 amide bonds. The van der Waals surface area contributed by atoms with Gasteiger partial charge in [0.1, 0.15) is 18.4 Å². The lowest BCUT2D eigenvalue weighted by atomic mass is 10.1. The smallest absolute Gasteiger partial charge is 0.138 e. The molecule has 0 aromatic heterocycles. The highest BCUT2D eigenvalue weighted by molar-refractivity contribution is 5.53. The van der Waals surface area contributed by atoms with Gasteiger partial charge in [0.25, 0.3) is 0 Å². The van der Waals surface area contributed by atoms with Crippen LogP contribution in [-0.2, 0) is 0 Å². The molecule has 0 heterocycles. The van der Waals surface area contributed by atoms with Crippen molar-refractivity contribution < 1.29 is 15.5 Å². The van der Waals surface area contributed by atoms with Crippen LogP contribution in [0.2, 0.25) is 0 Å². The summed E-state index contributed by atoms with van der Waals surface area (Å²) in [5, 5.41) is 21.3. The number of hydrogen-bond acceptors (Lipinski definition) is 3. The Bertz CT molecular complexity index is 359. The number of benzene rings is 1. The van der Waals surface area contributed by atoms with Gasteiger partial charge in [-0.25, -0.2) is 0 Å². The monoisotopic (exact) mass is 225 g/mol. The molecule has 0 aliphatic heterocycles. The van der Waals surface area contributed by atoms with Crippen molar-refractivity contribution in [2.75, 3.05) is 12.3 Å². The van der Waals surface area contributed by atoms with E-state index in [1.54, 1.807) is 12.1 Å². The van der Waals surface area contributed by atoms with E-state index in [0.29, 0.717) is 12.2 Å². The highest BCUT2D eigenvalue weighted by Gasteiger charge is 2.17. The van der Waals surface area contributed by atoms with E-state index in [1.807, 2.05) is 0 Å². The summed E-state index contributed by atoms with van der Waals surface area (Å²) in [5.41, 5.74) is 6.69. The number of nitrogen functional groups attached to an aromatic ring is 1. The first kappa shape index (κ1) is 12.8. The Balaban J connectivity index is 2.66. The third-order valence-corrected chi connectivity index (χ3v) is 2.39. The number of anilines is 1. The normalized spacial score (nSPS) is 13.8. The zero-order valence-electron chi connectivity index (χ0n) is 10.1. The Morgan fingerprint density at radius 2 is 2.00 bits per heavy atom. The number of phenolic OH excluding ortho intramolecular Hbond substituents is 1. The van der Waals surface area contributed by atoms with Crippen LogP contribution in [-0.4, -0.2) is 22.3 Å². The van der Waals surface area contributed by atoms with Crippen LogP contribution in [0.3, 0.4) is 0 Å². The van der Waals surface area contributed by atoms with Crippen LogP contribution in [0.4, 0.5) is 5.69 Å². The largest absolute Gasteiger partial charge is 0.506 e. The van der Waals surface area contributed by atoms with Crippen LogP contribution in [0.5, 0.6) is 5.75 Å². The number of aliphatic hydroxyl groups excluding tert-OH is 1. The van der Waals surface area contributed by atoms with E-state index in [2.05, 4.69) is 26.1 Å². The fourth-order valence-electron chi connectivity index (χ4n) is 1.38. The Hall–Kier alpha value is -1.26. The maximum Gasteiger partial charge on any atom is 0.138 e. The molecule has 0 spiro atoms. The molecule has 0 fully saturated rings. The third kappa shape index (κ3) is 3.72. The van der Waals surface area contributed by atoms with Gasteiger partial charge >= 0.3 is 0 Å². The summed E-state index contributed by atoms with van der Waals surface area (Å²) >= 11 is 0. The number of hydrogen-bond donors (Lipinski definition) is 4. The molecule has 6 N–H and O–H groups in total. The SMILES string of the molecule is CC(C)(C)[NH2+]CC(O)c1ccc(O)c(N)c1. The predicted octanol–water partition coefficient (Wildman–Crippen LogP) is 0.370. The molecule has 0 saturated carbocycles. The molecule has 4 nitrogen and oxygen atoms in total. The lowest BCUT2D eigenvalue weighted by molar-refractivity contribution is -0.722. The molecule has 16 heavy (non-hydrogen) atoms. The molecule has 0 aliphatic rings. The van der Waals surface area contributed by atoms with E-state index in [0.717, 1.165) is 5.56 Å². The van der Waals surface area contributed by atoms with Crippen molar-refractivity contribution in [2.45, 2.75) is 32.4 Å². The Kier molecular flexibility index (Phi) is 3.78. The minimum atomic E-state index is -0.567. The Labute approximate surface area is 96.1 Å². The summed E-state index contributed by atoms with van der Waals surface area (Å²) in [4.78, 5) is 0. The van der Waals surface area contributed by atoms with Gasteiger partial charge in [0, 0.05) is 0 Å². The van der Waals surface area contributed by atoms with Gasteiger partial charge in [-0.15, -0.1) is 0 Å². The summed E-state index contributed by atoms with van der Waals surface area (Å²) in [7, 11) is 0. The first-order valence-corrected chi connectivity index (χ1v) is 5.40. The van der Waals surface area contributed by atoms with Crippen LogP contribution in [0.25, 0.3) is 0 Å². The molecule has 1 rings (SSSR count). The quantitative estimate of drug-likeness (QED) is 0.443. The summed E-state index contributed by atoms with van der Waals surface area (Å²) < 4.78 is 0. The molecule has 90 valence electrons. The molecule has 0 aliphatic carbocycles. The van der Waals surface area contributed by atoms with Gasteiger partial charge in [-0.2, -0.15) is 0 Å². The lowest BCUT2D eigenvalue weighted by Crippen LogP contribution is -2.95. The van der Waals surface area contributed by atoms with Gasteiger partial charge in [0.05, 0.1) is 11.2 Å². The second-order valence-corrected chi connectivity index (χ2v) is 5.14. The van der Waals surface area contributed by atoms with Gasteiger partial charge in [-0.3, -0.25) is 0 Å². The van der Waals surface area contributed by atoms with Crippen molar-refractivity contribution in [3.05, 3.63) is 23.8 Å². The Morgan fingerprint density at radius 1 is 1.38 bits per heavy atom. The molecule has 0 radical (unpaired) electrons. The molecule has 1 aromatic carbocycles. The minimum absolute atomic E-state index is 0.0516. The molecule has 4 heteroatoms. The zero-order chi connectivity index (χ0) is 12.3. The van der Waals surface area contributed by atoms with Gasteiger partial charge < -0.3 is 21.3 Å². The topological polar surface area (TPSA) is 83.1 Å². The first-order valence-electron chi connectivity index (χ1n) is 5.40. The van der Waals surface area contributed by atoms with Crippen molar-refractivity contribution in [2.24, 2.45) is 0 Å². The number of rotatable bonds is 3. The van der Waals surface area contributed by atoms with Gasteiger partial charge in [0.15, 0.2) is 0 Å². The van der Waals surface area contributed by atoms with E-state index in [4.69, 9.17) is 5.73 Å². The van der Waals surface area contributed by atoms with Crippen molar-refractivity contribution >= 4 is 5.69 Å². The van der Waals surface area contributed by atoms with Crippen molar-refractivity contribution in [3.63, 3.8) is 0 Å². The number of phenols is 1. The highest BCUT2D eigenvalue weighted by atomic mass is 16.3. The van der Waals surface area contributed by atoms with Gasteiger partial charge in [-0.05, 0) is 38.5 Å². The van der Waals surface area contributed by atoms with Crippen LogP contribution < -0.4 is 11.1 Å². The predicted molar refractivity (Wildman–Crippen MR) is 64.0 cm³/mol. The fourth-order valence-corrected chi connectivity index (χ4v) is 1.38. The molecular weight excluding hydrogens is 204 g/mol. The highest BCUT2D eigenvalue weighted by Crippen LogP contribution is 2.23. The second-order valence-electron chi connectivity index (χ2n) is 5.14. The maximum absolute atomic E-state index is 9.93. The zero-order valence-corrected chi connectivity index (χ0v) is 10.1. The van der Waals surface area contributed by atoms with Gasteiger partial charge in [-0.1, -0.05) is 6.07 Å². The van der Waals surface area contributed by atoms with Crippen LogP contribution in [0.15, 0.2) is 18.2 Å². The summed E-state index contributed by atoms with van der Waals surface area (Å²) in [6.07, 6.45) is -0.567. The second kappa shape index (κ2) is 4.72. The number of aliphatic hydroxyl groups is 1. The number of aromatic hydroxyl groups is 1. The van der Waals surface area contributed by atoms with Crippen molar-refractivity contribution in [1.82, 2.24) is 0 Å². The average Bonchev–Trinajstić information content (AvgIpc) is 2.17. The lowest BCUT2D eigenvalue weighted by Gasteiger charge is -2.19. The van der Waals surface area contributed by atoms with Gasteiger partial charge in [0.2, 0.25) is 0 Å². The minimum Gasteiger partial charge on any atom is -0.506 e. The van der Waals surface area contributed by atoms with Crippen LogP contribution in [0.1, 0.15) is 32.4 Å². The molecular formula is C12H21N2O2+. The maximum atomic E-state index is 9.93. The molecule has 0 saturated heterocycles. The molecule has 0 bridgehead atoms. The summed E-state index contributed by atoms with van der Waals surface area (Å²) in [5.74, 6) is 0.0516.